The first-order valence-electron chi connectivity index (χ1n) is 5.16. The van der Waals surface area contributed by atoms with Gasteiger partial charge in [0.05, 0.1) is 17.3 Å². The maximum absolute atomic E-state index is 11.2. The van der Waals surface area contributed by atoms with Gasteiger partial charge in [0.25, 0.3) is 0 Å². The van der Waals surface area contributed by atoms with Crippen molar-refractivity contribution in [2.24, 2.45) is 5.73 Å². The van der Waals surface area contributed by atoms with E-state index in [1.807, 2.05) is 6.92 Å². The molecule has 6 heteroatoms. The van der Waals surface area contributed by atoms with Gasteiger partial charge >= 0.3 is 5.97 Å². The molecule has 0 radical (unpaired) electrons. The van der Waals surface area contributed by atoms with Crippen LogP contribution in [0.15, 0.2) is 6.20 Å². The van der Waals surface area contributed by atoms with Gasteiger partial charge in [-0.2, -0.15) is 5.10 Å². The standard InChI is InChI=1S/C10H16ClN3O2/c1-3-16-10(15)9(12)4-5-14-6-8(11)7(2)13-14/h6,9H,3-5,12H2,1-2H3. The molecule has 0 amide bonds. The van der Waals surface area contributed by atoms with Crippen molar-refractivity contribution >= 4 is 17.6 Å². The first-order chi connectivity index (χ1) is 7.54. The molecule has 90 valence electrons. The van der Waals surface area contributed by atoms with Crippen LogP contribution in [0.1, 0.15) is 19.0 Å². The Morgan fingerprint density at radius 3 is 2.94 bits per heavy atom. The van der Waals surface area contributed by atoms with Crippen LogP contribution >= 0.6 is 11.6 Å². The van der Waals surface area contributed by atoms with Crippen molar-refractivity contribution in [1.82, 2.24) is 9.78 Å². The predicted molar refractivity (Wildman–Crippen MR) is 61.2 cm³/mol. The van der Waals surface area contributed by atoms with Crippen LogP contribution < -0.4 is 5.73 Å². The van der Waals surface area contributed by atoms with Gasteiger partial charge in [-0.25, -0.2) is 0 Å². The molecule has 0 saturated carbocycles. The second-order valence-corrected chi connectivity index (χ2v) is 3.88. The fourth-order valence-corrected chi connectivity index (χ4v) is 1.40. The summed E-state index contributed by atoms with van der Waals surface area (Å²) in [6, 6.07) is -0.608. The lowest BCUT2D eigenvalue weighted by Crippen LogP contribution is -2.33. The van der Waals surface area contributed by atoms with Gasteiger partial charge in [0.1, 0.15) is 6.04 Å². The van der Waals surface area contributed by atoms with Crippen LogP contribution in [0.2, 0.25) is 5.02 Å². The lowest BCUT2D eigenvalue weighted by atomic mass is 10.2. The van der Waals surface area contributed by atoms with Gasteiger partial charge in [-0.3, -0.25) is 9.48 Å². The van der Waals surface area contributed by atoms with Crippen molar-refractivity contribution in [1.29, 1.82) is 0 Å². The van der Waals surface area contributed by atoms with Crippen LogP contribution in [0.25, 0.3) is 0 Å². The van der Waals surface area contributed by atoms with Crippen LogP contribution in [0.5, 0.6) is 0 Å². The summed E-state index contributed by atoms with van der Waals surface area (Å²) in [5.41, 5.74) is 6.42. The monoisotopic (exact) mass is 245 g/mol. The van der Waals surface area contributed by atoms with E-state index in [2.05, 4.69) is 5.10 Å². The van der Waals surface area contributed by atoms with Gasteiger partial charge in [-0.1, -0.05) is 11.6 Å². The molecule has 0 aliphatic heterocycles. The van der Waals surface area contributed by atoms with E-state index in [1.165, 1.54) is 0 Å². The molecule has 5 nitrogen and oxygen atoms in total. The van der Waals surface area contributed by atoms with Crippen molar-refractivity contribution in [3.05, 3.63) is 16.9 Å². The number of rotatable bonds is 5. The summed E-state index contributed by atoms with van der Waals surface area (Å²) in [5.74, 6) is -0.377. The minimum Gasteiger partial charge on any atom is -0.465 e. The third-order valence-corrected chi connectivity index (χ3v) is 2.52. The molecule has 0 fully saturated rings. The van der Waals surface area contributed by atoms with Crippen molar-refractivity contribution < 1.29 is 9.53 Å². The summed E-state index contributed by atoms with van der Waals surface area (Å²) in [7, 11) is 0. The number of hydrogen-bond acceptors (Lipinski definition) is 4. The summed E-state index contributed by atoms with van der Waals surface area (Å²) < 4.78 is 6.48. The fraction of sp³-hybridized carbons (Fsp3) is 0.600. The third-order valence-electron chi connectivity index (χ3n) is 2.14. The third kappa shape index (κ3) is 3.50. The van der Waals surface area contributed by atoms with Gasteiger partial charge in [0, 0.05) is 12.7 Å². The molecule has 0 saturated heterocycles. The van der Waals surface area contributed by atoms with E-state index in [1.54, 1.807) is 17.8 Å². The minimum atomic E-state index is -0.608. The van der Waals surface area contributed by atoms with Crippen LogP contribution in [-0.4, -0.2) is 28.4 Å². The van der Waals surface area contributed by atoms with E-state index in [4.69, 9.17) is 22.1 Å². The Morgan fingerprint density at radius 1 is 1.75 bits per heavy atom. The van der Waals surface area contributed by atoms with E-state index in [0.29, 0.717) is 24.6 Å². The van der Waals surface area contributed by atoms with Gasteiger partial charge in [-0.15, -0.1) is 0 Å². The molecule has 0 aromatic carbocycles. The van der Waals surface area contributed by atoms with Crippen LogP contribution in [0, 0.1) is 6.92 Å². The second-order valence-electron chi connectivity index (χ2n) is 3.47. The molecule has 16 heavy (non-hydrogen) atoms. The highest BCUT2D eigenvalue weighted by molar-refractivity contribution is 6.31. The summed E-state index contributed by atoms with van der Waals surface area (Å²) in [4.78, 5) is 11.2. The maximum atomic E-state index is 11.2. The average Bonchev–Trinajstić information content (AvgIpc) is 2.55. The molecule has 0 aliphatic rings. The van der Waals surface area contributed by atoms with Crippen molar-refractivity contribution in [3.8, 4) is 0 Å². The van der Waals surface area contributed by atoms with E-state index in [9.17, 15) is 4.79 Å². The fourth-order valence-electron chi connectivity index (χ4n) is 1.25. The molecule has 1 aromatic rings. The Bertz CT molecular complexity index is 345. The Labute approximate surface area is 99.5 Å². The Balaban J connectivity index is 2.42. The highest BCUT2D eigenvalue weighted by atomic mass is 35.5. The number of nitrogens with two attached hydrogens (primary N) is 1. The Hall–Kier alpha value is -1.07. The van der Waals surface area contributed by atoms with E-state index in [0.717, 1.165) is 5.69 Å². The summed E-state index contributed by atoms with van der Waals surface area (Å²) >= 11 is 5.85. The average molecular weight is 246 g/mol. The van der Waals surface area contributed by atoms with Crippen molar-refractivity contribution in [3.63, 3.8) is 0 Å². The largest absolute Gasteiger partial charge is 0.465 e. The van der Waals surface area contributed by atoms with Crippen molar-refractivity contribution in [2.45, 2.75) is 32.9 Å². The Morgan fingerprint density at radius 2 is 2.44 bits per heavy atom. The molecule has 1 atom stereocenters. The van der Waals surface area contributed by atoms with E-state index < -0.39 is 6.04 Å². The zero-order valence-corrected chi connectivity index (χ0v) is 10.2. The molecule has 0 spiro atoms. The number of aryl methyl sites for hydroxylation is 2. The van der Waals surface area contributed by atoms with Gasteiger partial charge in [0.15, 0.2) is 0 Å². The molecular weight excluding hydrogens is 230 g/mol. The van der Waals surface area contributed by atoms with Gasteiger partial charge in [0.2, 0.25) is 0 Å². The first kappa shape index (κ1) is 13.0. The smallest absolute Gasteiger partial charge is 0.322 e. The molecule has 0 aliphatic carbocycles. The van der Waals surface area contributed by atoms with Crippen molar-refractivity contribution in [2.75, 3.05) is 6.61 Å². The van der Waals surface area contributed by atoms with Gasteiger partial charge < -0.3 is 10.5 Å². The number of carbonyl (C=O) groups excluding carboxylic acids is 1. The maximum Gasteiger partial charge on any atom is 0.322 e. The number of aromatic nitrogens is 2. The molecule has 1 aromatic heterocycles. The number of nitrogens with zero attached hydrogens (tertiary/aromatic N) is 2. The summed E-state index contributed by atoms with van der Waals surface area (Å²) in [6.07, 6.45) is 2.20. The topological polar surface area (TPSA) is 70.1 Å². The zero-order valence-electron chi connectivity index (χ0n) is 9.44. The highest BCUT2D eigenvalue weighted by Crippen LogP contribution is 2.12. The SMILES string of the molecule is CCOC(=O)C(N)CCn1cc(Cl)c(C)n1. The number of ether oxygens (including phenoxy) is 1. The quantitative estimate of drug-likeness (QED) is 0.790. The second kappa shape index (κ2) is 5.86. The molecule has 2 N–H and O–H groups in total. The summed E-state index contributed by atoms with van der Waals surface area (Å²) in [5, 5.41) is 4.78. The predicted octanol–water partition coefficient (Wildman–Crippen LogP) is 1.13. The zero-order chi connectivity index (χ0) is 12.1. The lowest BCUT2D eigenvalue weighted by Gasteiger charge is -2.09. The first-order valence-corrected chi connectivity index (χ1v) is 5.54. The Kier molecular flexibility index (Phi) is 4.76. The van der Waals surface area contributed by atoms with Crippen LogP contribution in [-0.2, 0) is 16.1 Å². The molecule has 1 heterocycles. The van der Waals surface area contributed by atoms with Crippen LogP contribution in [0.3, 0.4) is 0 Å². The number of hydrogen-bond donors (Lipinski definition) is 1. The van der Waals surface area contributed by atoms with Crippen LogP contribution in [0.4, 0.5) is 0 Å². The summed E-state index contributed by atoms with van der Waals surface area (Å²) in [6.45, 7) is 4.47. The van der Waals surface area contributed by atoms with Gasteiger partial charge in [-0.05, 0) is 20.3 Å². The minimum absolute atomic E-state index is 0.346. The normalized spacial score (nSPS) is 12.5. The van der Waals surface area contributed by atoms with E-state index >= 15 is 0 Å². The molecule has 0 bridgehead atoms. The number of esters is 1. The molecule has 1 unspecified atom stereocenters. The number of carbonyl (C=O) groups is 1. The molecular formula is C10H16ClN3O2. The highest BCUT2D eigenvalue weighted by Gasteiger charge is 2.14. The number of halogens is 1. The molecule has 1 rings (SSSR count). The van der Waals surface area contributed by atoms with E-state index in [-0.39, 0.29) is 5.97 Å². The lowest BCUT2D eigenvalue weighted by molar-refractivity contribution is -0.144.